The second-order valence-corrected chi connectivity index (χ2v) is 6.17. The smallest absolute Gasteiger partial charge is 0.0669 e. The Hall–Kier alpha value is -0.500. The van der Waals surface area contributed by atoms with Gasteiger partial charge in [-0.05, 0) is 43.9 Å². The van der Waals surface area contributed by atoms with Gasteiger partial charge in [-0.2, -0.15) is 5.10 Å². The Balaban J connectivity index is 1.98. The lowest BCUT2D eigenvalue weighted by atomic mass is 9.95. The molecular formula is C15H23ClN2. The zero-order valence-electron chi connectivity index (χ0n) is 11.5. The molecule has 2 aliphatic carbocycles. The molecule has 1 aromatic heterocycles. The van der Waals surface area contributed by atoms with Gasteiger partial charge in [-0.15, -0.1) is 11.6 Å². The van der Waals surface area contributed by atoms with Crippen molar-refractivity contribution in [3.63, 3.8) is 0 Å². The molecule has 2 aliphatic rings. The van der Waals surface area contributed by atoms with E-state index in [1.807, 2.05) is 0 Å². The minimum absolute atomic E-state index is 0.618. The van der Waals surface area contributed by atoms with Crippen LogP contribution in [0.15, 0.2) is 0 Å². The number of hydrogen-bond acceptors (Lipinski definition) is 1. The number of fused-ring (bicyclic) bond motifs is 2. The van der Waals surface area contributed by atoms with Crippen LogP contribution < -0.4 is 0 Å². The second-order valence-electron chi connectivity index (χ2n) is 5.90. The molecule has 0 aromatic carbocycles. The molecule has 1 aromatic rings. The molecule has 0 N–H and O–H groups in total. The van der Waals surface area contributed by atoms with Crippen LogP contribution in [0, 0.1) is 11.8 Å². The fourth-order valence-electron chi connectivity index (χ4n) is 4.15. The van der Waals surface area contributed by atoms with E-state index in [1.54, 1.807) is 0 Å². The summed E-state index contributed by atoms with van der Waals surface area (Å²) in [5, 5.41) is 4.90. The summed E-state index contributed by atoms with van der Waals surface area (Å²) >= 11 is 6.14. The third kappa shape index (κ3) is 1.80. The summed E-state index contributed by atoms with van der Waals surface area (Å²) in [6.07, 6.45) is 7.71. The number of aromatic nitrogens is 2. The summed E-state index contributed by atoms with van der Waals surface area (Å²) in [5.74, 6) is 2.47. The Morgan fingerprint density at radius 1 is 1.22 bits per heavy atom. The molecule has 18 heavy (non-hydrogen) atoms. The summed E-state index contributed by atoms with van der Waals surface area (Å²) < 4.78 is 2.36. The van der Waals surface area contributed by atoms with Crippen LogP contribution in [-0.4, -0.2) is 9.78 Å². The first-order valence-electron chi connectivity index (χ1n) is 7.43. The van der Waals surface area contributed by atoms with Crippen molar-refractivity contribution in [3.8, 4) is 0 Å². The maximum Gasteiger partial charge on any atom is 0.0669 e. The average Bonchev–Trinajstić information content (AvgIpc) is 3.09. The van der Waals surface area contributed by atoms with Crippen molar-refractivity contribution >= 4 is 11.6 Å². The number of alkyl halides is 1. The van der Waals surface area contributed by atoms with Crippen LogP contribution in [0.2, 0.25) is 0 Å². The molecule has 0 aliphatic heterocycles. The Kier molecular flexibility index (Phi) is 3.40. The second kappa shape index (κ2) is 4.88. The average molecular weight is 267 g/mol. The van der Waals surface area contributed by atoms with E-state index >= 15 is 0 Å². The van der Waals surface area contributed by atoms with Crippen molar-refractivity contribution < 1.29 is 0 Å². The minimum Gasteiger partial charge on any atom is -0.266 e. The lowest BCUT2D eigenvalue weighted by Crippen LogP contribution is -2.19. The van der Waals surface area contributed by atoms with Gasteiger partial charge in [-0.1, -0.05) is 20.3 Å². The quantitative estimate of drug-likeness (QED) is 0.750. The van der Waals surface area contributed by atoms with Gasteiger partial charge in [-0.3, -0.25) is 4.68 Å². The predicted molar refractivity (Wildman–Crippen MR) is 75.0 cm³/mol. The molecule has 0 saturated heterocycles. The number of halogens is 1. The molecule has 0 spiro atoms. The molecule has 0 radical (unpaired) electrons. The Morgan fingerprint density at radius 2 is 2.06 bits per heavy atom. The lowest BCUT2D eigenvalue weighted by Gasteiger charge is -2.24. The Bertz CT molecular complexity index is 438. The van der Waals surface area contributed by atoms with Gasteiger partial charge < -0.3 is 0 Å². The van der Waals surface area contributed by atoms with Gasteiger partial charge in [0.25, 0.3) is 0 Å². The molecule has 3 unspecified atom stereocenters. The van der Waals surface area contributed by atoms with Gasteiger partial charge in [0.2, 0.25) is 0 Å². The van der Waals surface area contributed by atoms with E-state index < -0.39 is 0 Å². The molecule has 3 atom stereocenters. The van der Waals surface area contributed by atoms with Crippen LogP contribution >= 0.6 is 11.6 Å². The van der Waals surface area contributed by atoms with E-state index in [1.165, 1.54) is 42.6 Å². The van der Waals surface area contributed by atoms with Crippen molar-refractivity contribution in [2.45, 2.75) is 64.3 Å². The van der Waals surface area contributed by atoms with E-state index in [-0.39, 0.29) is 0 Å². The lowest BCUT2D eigenvalue weighted by molar-refractivity contribution is 0.299. The van der Waals surface area contributed by atoms with Crippen molar-refractivity contribution in [3.05, 3.63) is 17.0 Å². The van der Waals surface area contributed by atoms with Crippen LogP contribution in [0.4, 0.5) is 0 Å². The number of nitrogens with zero attached hydrogens (tertiary/aromatic N) is 2. The highest BCUT2D eigenvalue weighted by Crippen LogP contribution is 2.51. The first-order chi connectivity index (χ1) is 8.78. The summed E-state index contributed by atoms with van der Waals surface area (Å²) in [5.41, 5.74) is 3.94. The van der Waals surface area contributed by atoms with Gasteiger partial charge in [0.15, 0.2) is 0 Å². The summed E-state index contributed by atoms with van der Waals surface area (Å²) in [4.78, 5) is 0. The maximum atomic E-state index is 6.14. The Morgan fingerprint density at radius 3 is 2.56 bits per heavy atom. The van der Waals surface area contributed by atoms with E-state index in [0.29, 0.717) is 11.9 Å². The van der Waals surface area contributed by atoms with Gasteiger partial charge in [0, 0.05) is 11.3 Å². The normalized spacial score (nSPS) is 30.3. The molecule has 2 nitrogen and oxygen atoms in total. The Labute approximate surface area is 115 Å². The highest BCUT2D eigenvalue weighted by atomic mass is 35.5. The van der Waals surface area contributed by atoms with E-state index in [4.69, 9.17) is 16.7 Å². The minimum atomic E-state index is 0.618. The van der Waals surface area contributed by atoms with Crippen LogP contribution in [-0.2, 0) is 18.7 Å². The third-order valence-corrected chi connectivity index (χ3v) is 5.29. The SMILES string of the molecule is CCc1nn(C2CC3CCC2C3)c(CC)c1CCl. The molecule has 100 valence electrons. The zero-order valence-corrected chi connectivity index (χ0v) is 12.2. The summed E-state index contributed by atoms with van der Waals surface area (Å²) in [7, 11) is 0. The van der Waals surface area contributed by atoms with E-state index in [2.05, 4.69) is 18.5 Å². The summed E-state index contributed by atoms with van der Waals surface area (Å²) in [6, 6.07) is 0.668. The zero-order chi connectivity index (χ0) is 12.7. The first-order valence-corrected chi connectivity index (χ1v) is 7.96. The first kappa shape index (κ1) is 12.5. The highest BCUT2D eigenvalue weighted by Gasteiger charge is 2.41. The molecule has 2 saturated carbocycles. The molecule has 3 heteroatoms. The van der Waals surface area contributed by atoms with E-state index in [9.17, 15) is 0 Å². The van der Waals surface area contributed by atoms with Gasteiger partial charge >= 0.3 is 0 Å². The van der Waals surface area contributed by atoms with E-state index in [0.717, 1.165) is 24.7 Å². The number of hydrogen-bond donors (Lipinski definition) is 0. The van der Waals surface area contributed by atoms with Gasteiger partial charge in [-0.25, -0.2) is 0 Å². The van der Waals surface area contributed by atoms with Gasteiger partial charge in [0.05, 0.1) is 17.6 Å². The van der Waals surface area contributed by atoms with Crippen molar-refractivity contribution in [2.24, 2.45) is 11.8 Å². The predicted octanol–water partition coefficient (Wildman–Crippen LogP) is 4.11. The fourth-order valence-corrected chi connectivity index (χ4v) is 4.46. The van der Waals surface area contributed by atoms with Gasteiger partial charge in [0.1, 0.15) is 0 Å². The molecule has 2 bridgehead atoms. The van der Waals surface area contributed by atoms with Crippen LogP contribution in [0.5, 0.6) is 0 Å². The molecule has 1 heterocycles. The van der Waals surface area contributed by atoms with Crippen molar-refractivity contribution in [2.75, 3.05) is 0 Å². The third-order valence-electron chi connectivity index (χ3n) is 5.02. The highest BCUT2D eigenvalue weighted by molar-refractivity contribution is 6.17. The fraction of sp³-hybridized carbons (Fsp3) is 0.800. The van der Waals surface area contributed by atoms with Crippen molar-refractivity contribution in [1.82, 2.24) is 9.78 Å². The monoisotopic (exact) mass is 266 g/mol. The maximum absolute atomic E-state index is 6.14. The topological polar surface area (TPSA) is 17.8 Å². The number of aryl methyl sites for hydroxylation is 1. The molecule has 2 fully saturated rings. The van der Waals surface area contributed by atoms with Crippen LogP contribution in [0.25, 0.3) is 0 Å². The standard InChI is InChI=1S/C15H23ClN2/c1-3-13-12(9-16)14(4-2)18(17-13)15-8-10-5-6-11(15)7-10/h10-11,15H,3-9H2,1-2H3. The molecular weight excluding hydrogens is 244 g/mol. The van der Waals surface area contributed by atoms with Crippen LogP contribution in [0.3, 0.4) is 0 Å². The van der Waals surface area contributed by atoms with Crippen molar-refractivity contribution in [1.29, 1.82) is 0 Å². The van der Waals surface area contributed by atoms with Crippen LogP contribution in [0.1, 0.15) is 62.5 Å². The largest absolute Gasteiger partial charge is 0.266 e. The molecule has 0 amide bonds. The summed E-state index contributed by atoms with van der Waals surface area (Å²) in [6.45, 7) is 4.42. The molecule has 3 rings (SSSR count). The number of rotatable bonds is 4.